The van der Waals surface area contributed by atoms with Gasteiger partial charge in [-0.2, -0.15) is 0 Å². The van der Waals surface area contributed by atoms with Crippen molar-refractivity contribution >= 4 is 11.8 Å². The fraction of sp³-hybridized carbons (Fsp3) is 0.364. The molecule has 2 aromatic carbocycles. The van der Waals surface area contributed by atoms with E-state index < -0.39 is 0 Å². The molecule has 1 fully saturated rings. The van der Waals surface area contributed by atoms with Crippen molar-refractivity contribution in [2.45, 2.75) is 32.2 Å². The van der Waals surface area contributed by atoms with E-state index in [1.165, 1.54) is 0 Å². The number of benzene rings is 2. The Morgan fingerprint density at radius 2 is 1.85 bits per heavy atom. The molecule has 5 heteroatoms. The number of rotatable bonds is 5. The van der Waals surface area contributed by atoms with E-state index in [1.54, 1.807) is 35.0 Å². The number of unbranched alkanes of at least 4 members (excludes halogenated alkanes) is 1. The second-order valence-electron chi connectivity index (χ2n) is 7.04. The minimum absolute atomic E-state index is 0.0257. The van der Waals surface area contributed by atoms with Crippen molar-refractivity contribution in [2.24, 2.45) is 0 Å². The van der Waals surface area contributed by atoms with Crippen LogP contribution in [0.1, 0.15) is 36.5 Å². The Kier molecular flexibility index (Phi) is 5.79. The monoisotopic (exact) mass is 366 g/mol. The number of aromatic hydroxyl groups is 1. The largest absolute Gasteiger partial charge is 0.508 e. The maximum absolute atomic E-state index is 13.2. The highest BCUT2D eigenvalue weighted by molar-refractivity contribution is 5.99. The third kappa shape index (κ3) is 4.13. The van der Waals surface area contributed by atoms with Crippen LogP contribution in [-0.2, 0) is 4.79 Å². The van der Waals surface area contributed by atoms with Crippen LogP contribution >= 0.6 is 0 Å². The lowest BCUT2D eigenvalue weighted by Gasteiger charge is -2.39. The maximum Gasteiger partial charge on any atom is 0.254 e. The van der Waals surface area contributed by atoms with E-state index >= 15 is 0 Å². The molecule has 142 valence electrons. The van der Waals surface area contributed by atoms with E-state index in [2.05, 4.69) is 6.92 Å². The Labute approximate surface area is 160 Å². The van der Waals surface area contributed by atoms with Crippen LogP contribution in [0.25, 0.3) is 11.1 Å². The summed E-state index contributed by atoms with van der Waals surface area (Å²) in [5.41, 5.74) is 2.42. The minimum Gasteiger partial charge on any atom is -0.508 e. The molecule has 2 aromatic rings. The van der Waals surface area contributed by atoms with Crippen molar-refractivity contribution in [1.29, 1.82) is 0 Å². The average Bonchev–Trinajstić information content (AvgIpc) is 2.69. The van der Waals surface area contributed by atoms with Crippen molar-refractivity contribution in [3.05, 3.63) is 54.1 Å². The smallest absolute Gasteiger partial charge is 0.254 e. The molecule has 1 aliphatic rings. The third-order valence-corrected chi connectivity index (χ3v) is 5.12. The van der Waals surface area contributed by atoms with E-state index in [9.17, 15) is 14.7 Å². The van der Waals surface area contributed by atoms with E-state index in [4.69, 9.17) is 0 Å². The molecule has 27 heavy (non-hydrogen) atoms. The number of likely N-dealkylation sites (N-methyl/N-ethyl adjacent to an activating group) is 1. The summed E-state index contributed by atoms with van der Waals surface area (Å²) in [6.07, 6.45) is 2.61. The van der Waals surface area contributed by atoms with Gasteiger partial charge >= 0.3 is 0 Å². The summed E-state index contributed by atoms with van der Waals surface area (Å²) in [6.45, 7) is 3.20. The molecular weight excluding hydrogens is 340 g/mol. The first kappa shape index (κ1) is 19.0. The second kappa shape index (κ2) is 8.25. The van der Waals surface area contributed by atoms with Gasteiger partial charge in [0.25, 0.3) is 5.91 Å². The maximum atomic E-state index is 13.2. The fourth-order valence-corrected chi connectivity index (χ4v) is 3.48. The minimum atomic E-state index is -0.381. The van der Waals surface area contributed by atoms with Gasteiger partial charge in [0, 0.05) is 25.7 Å². The van der Waals surface area contributed by atoms with Gasteiger partial charge in [-0.3, -0.25) is 9.59 Å². The first-order chi connectivity index (χ1) is 13.0. The Balaban J connectivity index is 1.86. The summed E-state index contributed by atoms with van der Waals surface area (Å²) in [5.74, 6) is 0.136. The van der Waals surface area contributed by atoms with Crippen molar-refractivity contribution < 1.29 is 14.7 Å². The number of phenols is 1. The zero-order valence-corrected chi connectivity index (χ0v) is 15.9. The zero-order chi connectivity index (χ0) is 19.4. The molecule has 1 heterocycles. The van der Waals surface area contributed by atoms with Crippen LogP contribution in [0.2, 0.25) is 0 Å². The van der Waals surface area contributed by atoms with Crippen LogP contribution in [0, 0.1) is 0 Å². The van der Waals surface area contributed by atoms with Crippen LogP contribution in [-0.4, -0.2) is 52.9 Å². The molecule has 0 aromatic heterocycles. The number of carbonyl (C=O) groups is 2. The lowest BCUT2D eigenvalue weighted by Crippen LogP contribution is -2.57. The summed E-state index contributed by atoms with van der Waals surface area (Å²) in [7, 11) is 1.80. The van der Waals surface area contributed by atoms with Crippen LogP contribution in [0.15, 0.2) is 48.5 Å². The summed E-state index contributed by atoms with van der Waals surface area (Å²) in [6, 6.07) is 14.0. The number of hydrogen-bond donors (Lipinski definition) is 1. The Hall–Kier alpha value is -2.82. The summed E-state index contributed by atoms with van der Waals surface area (Å²) in [5, 5.41) is 9.47. The number of phenolic OH excluding ortho intramolecular Hbond substituents is 1. The highest BCUT2D eigenvalue weighted by Crippen LogP contribution is 2.25. The SMILES string of the molecule is CCCCC1C(=O)N(C)CCN1C(=O)c1cccc(-c2ccc(O)cc2)c1. The fourth-order valence-electron chi connectivity index (χ4n) is 3.48. The lowest BCUT2D eigenvalue weighted by atomic mass is 10.00. The second-order valence-corrected chi connectivity index (χ2v) is 7.04. The van der Waals surface area contributed by atoms with Crippen molar-refractivity contribution in [3.8, 4) is 16.9 Å². The van der Waals surface area contributed by atoms with Gasteiger partial charge in [-0.15, -0.1) is 0 Å². The molecule has 5 nitrogen and oxygen atoms in total. The summed E-state index contributed by atoms with van der Waals surface area (Å²) in [4.78, 5) is 29.2. The first-order valence-electron chi connectivity index (χ1n) is 9.46. The molecule has 1 aliphatic heterocycles. The quantitative estimate of drug-likeness (QED) is 0.881. The molecule has 3 rings (SSSR count). The molecule has 1 N–H and O–H groups in total. The molecule has 1 saturated heterocycles. The van der Waals surface area contributed by atoms with Gasteiger partial charge in [0.2, 0.25) is 5.91 Å². The topological polar surface area (TPSA) is 60.9 Å². The van der Waals surface area contributed by atoms with Crippen LogP contribution in [0.3, 0.4) is 0 Å². The number of hydrogen-bond acceptors (Lipinski definition) is 3. The molecule has 0 radical (unpaired) electrons. The molecule has 0 bridgehead atoms. The molecular formula is C22H26N2O3. The summed E-state index contributed by atoms with van der Waals surface area (Å²) >= 11 is 0. The van der Waals surface area contributed by atoms with Gasteiger partial charge < -0.3 is 14.9 Å². The lowest BCUT2D eigenvalue weighted by molar-refractivity contribution is -0.138. The third-order valence-electron chi connectivity index (χ3n) is 5.12. The number of carbonyl (C=O) groups excluding carboxylic acids is 2. The van der Waals surface area contributed by atoms with Crippen molar-refractivity contribution in [1.82, 2.24) is 9.80 Å². The number of piperazine rings is 1. The molecule has 1 unspecified atom stereocenters. The Morgan fingerprint density at radius 1 is 1.11 bits per heavy atom. The predicted octanol–water partition coefficient (Wildman–Crippen LogP) is 3.53. The molecule has 2 amide bonds. The normalized spacial score (nSPS) is 17.3. The van der Waals surface area contributed by atoms with Gasteiger partial charge in [-0.25, -0.2) is 0 Å². The van der Waals surface area contributed by atoms with E-state index in [-0.39, 0.29) is 23.6 Å². The first-order valence-corrected chi connectivity index (χ1v) is 9.46. The highest BCUT2D eigenvalue weighted by Gasteiger charge is 2.35. The number of amides is 2. The molecule has 0 spiro atoms. The van der Waals surface area contributed by atoms with Gasteiger partial charge in [0.15, 0.2) is 0 Å². The Morgan fingerprint density at radius 3 is 2.56 bits per heavy atom. The van der Waals surface area contributed by atoms with Crippen LogP contribution in [0.5, 0.6) is 5.75 Å². The van der Waals surface area contributed by atoms with Crippen molar-refractivity contribution in [3.63, 3.8) is 0 Å². The highest BCUT2D eigenvalue weighted by atomic mass is 16.3. The predicted molar refractivity (Wildman–Crippen MR) is 106 cm³/mol. The average molecular weight is 366 g/mol. The summed E-state index contributed by atoms with van der Waals surface area (Å²) < 4.78 is 0. The van der Waals surface area contributed by atoms with Crippen molar-refractivity contribution in [2.75, 3.05) is 20.1 Å². The van der Waals surface area contributed by atoms with Crippen LogP contribution < -0.4 is 0 Å². The zero-order valence-electron chi connectivity index (χ0n) is 15.9. The van der Waals surface area contributed by atoms with E-state index in [0.29, 0.717) is 25.1 Å². The van der Waals surface area contributed by atoms with Gasteiger partial charge in [0.1, 0.15) is 11.8 Å². The Bertz CT molecular complexity index is 817. The number of nitrogens with zero attached hydrogens (tertiary/aromatic N) is 2. The molecule has 1 atom stereocenters. The molecule has 0 saturated carbocycles. The van der Waals surface area contributed by atoms with Gasteiger partial charge in [-0.05, 0) is 41.8 Å². The standard InChI is InChI=1S/C22H26N2O3/c1-3-4-8-20-22(27)23(2)13-14-24(20)21(26)18-7-5-6-17(15-18)16-9-11-19(25)12-10-16/h5-7,9-12,15,20,25H,3-4,8,13-14H2,1-2H3. The van der Waals surface area contributed by atoms with E-state index in [0.717, 1.165) is 24.0 Å². The molecule has 0 aliphatic carbocycles. The van der Waals surface area contributed by atoms with Gasteiger partial charge in [0.05, 0.1) is 0 Å². The van der Waals surface area contributed by atoms with Crippen LogP contribution in [0.4, 0.5) is 0 Å². The van der Waals surface area contributed by atoms with E-state index in [1.807, 2.05) is 30.3 Å². The van der Waals surface area contributed by atoms with Gasteiger partial charge in [-0.1, -0.05) is 44.0 Å².